The summed E-state index contributed by atoms with van der Waals surface area (Å²) >= 11 is 3.49. The lowest BCUT2D eigenvalue weighted by Gasteiger charge is -2.34. The molecule has 122 valence electrons. The van der Waals surface area contributed by atoms with E-state index in [4.69, 9.17) is 0 Å². The SMILES string of the molecule is CN1CCN(c2cc3ccc(Br)cc3c(=O)c3ccccc23)CC1. The third-order valence-corrected chi connectivity index (χ3v) is 5.34. The van der Waals surface area contributed by atoms with Crippen molar-refractivity contribution < 1.29 is 0 Å². The van der Waals surface area contributed by atoms with Crippen LogP contribution in [0.5, 0.6) is 0 Å². The predicted molar refractivity (Wildman–Crippen MR) is 105 cm³/mol. The van der Waals surface area contributed by atoms with E-state index in [1.54, 1.807) is 0 Å². The van der Waals surface area contributed by atoms with Crippen LogP contribution in [-0.2, 0) is 0 Å². The second kappa shape index (κ2) is 6.19. The Bertz CT molecular complexity index is 978. The molecule has 4 rings (SSSR count). The Hall–Kier alpha value is -1.91. The van der Waals surface area contributed by atoms with E-state index in [1.165, 1.54) is 0 Å². The molecule has 0 aromatic heterocycles. The molecule has 0 bridgehead atoms. The van der Waals surface area contributed by atoms with Gasteiger partial charge in [-0.15, -0.1) is 0 Å². The minimum absolute atomic E-state index is 0.0993. The molecule has 3 aromatic rings. The molecule has 0 spiro atoms. The Labute approximate surface area is 149 Å². The van der Waals surface area contributed by atoms with E-state index in [9.17, 15) is 4.79 Å². The molecule has 1 aliphatic heterocycles. The van der Waals surface area contributed by atoms with Crippen LogP contribution >= 0.6 is 15.9 Å². The van der Waals surface area contributed by atoms with E-state index in [0.29, 0.717) is 0 Å². The Balaban J connectivity index is 2.06. The predicted octanol–water partition coefficient (Wildman–Crippen LogP) is 3.87. The fourth-order valence-electron chi connectivity index (χ4n) is 3.43. The first kappa shape index (κ1) is 15.6. The van der Waals surface area contributed by atoms with E-state index < -0.39 is 0 Å². The Morgan fingerprint density at radius 2 is 1.58 bits per heavy atom. The smallest absolute Gasteiger partial charge is 0.194 e. The van der Waals surface area contributed by atoms with Gasteiger partial charge < -0.3 is 9.80 Å². The van der Waals surface area contributed by atoms with Crippen molar-refractivity contribution in [2.75, 3.05) is 38.1 Å². The monoisotopic (exact) mass is 382 g/mol. The molecule has 0 saturated carbocycles. The molecule has 0 radical (unpaired) electrons. The summed E-state index contributed by atoms with van der Waals surface area (Å²) in [5.74, 6) is 0. The van der Waals surface area contributed by atoms with Gasteiger partial charge in [0.25, 0.3) is 0 Å². The average Bonchev–Trinajstić information content (AvgIpc) is 2.72. The van der Waals surface area contributed by atoms with Crippen LogP contribution in [0.2, 0.25) is 0 Å². The molecule has 1 saturated heterocycles. The zero-order valence-electron chi connectivity index (χ0n) is 13.6. The highest BCUT2D eigenvalue weighted by atomic mass is 79.9. The van der Waals surface area contributed by atoms with Gasteiger partial charge in [-0.05, 0) is 30.6 Å². The van der Waals surface area contributed by atoms with E-state index in [-0.39, 0.29) is 5.43 Å². The molecule has 3 nitrogen and oxygen atoms in total. The van der Waals surface area contributed by atoms with Crippen LogP contribution in [0.15, 0.2) is 57.8 Å². The first-order chi connectivity index (χ1) is 11.6. The molecule has 1 aliphatic rings. The summed E-state index contributed by atoms with van der Waals surface area (Å²) in [7, 11) is 2.16. The van der Waals surface area contributed by atoms with Crippen molar-refractivity contribution in [3.63, 3.8) is 0 Å². The van der Waals surface area contributed by atoms with Gasteiger partial charge in [-0.25, -0.2) is 0 Å². The summed E-state index contributed by atoms with van der Waals surface area (Å²) in [6.45, 7) is 4.05. The molecule has 0 aliphatic carbocycles. The number of piperazine rings is 1. The number of nitrogens with zero attached hydrogens (tertiary/aromatic N) is 2. The molecular weight excluding hydrogens is 364 g/mol. The first-order valence-corrected chi connectivity index (χ1v) is 9.01. The van der Waals surface area contributed by atoms with E-state index in [0.717, 1.165) is 57.9 Å². The zero-order valence-corrected chi connectivity index (χ0v) is 15.2. The summed E-state index contributed by atoms with van der Waals surface area (Å²) in [5, 5.41) is 3.59. The normalized spacial score (nSPS) is 16.0. The van der Waals surface area contributed by atoms with Crippen LogP contribution < -0.4 is 10.3 Å². The number of fused-ring (bicyclic) bond motifs is 2. The Morgan fingerprint density at radius 3 is 2.33 bits per heavy atom. The van der Waals surface area contributed by atoms with Gasteiger partial charge in [0.05, 0.1) is 0 Å². The van der Waals surface area contributed by atoms with Gasteiger partial charge in [0.15, 0.2) is 5.43 Å². The first-order valence-electron chi connectivity index (χ1n) is 8.22. The molecular formula is C20H19BrN2O. The van der Waals surface area contributed by atoms with Crippen molar-refractivity contribution in [2.24, 2.45) is 0 Å². The third kappa shape index (κ3) is 2.70. The number of hydrogen-bond donors (Lipinski definition) is 0. The number of likely N-dealkylation sites (N-methyl/N-ethyl adjacent to an activating group) is 1. The van der Waals surface area contributed by atoms with Crippen LogP contribution in [0.3, 0.4) is 0 Å². The number of anilines is 1. The Kier molecular flexibility index (Phi) is 4.02. The van der Waals surface area contributed by atoms with E-state index in [1.807, 2.05) is 36.4 Å². The summed E-state index contributed by atoms with van der Waals surface area (Å²) < 4.78 is 0.934. The molecule has 0 unspecified atom stereocenters. The largest absolute Gasteiger partial charge is 0.368 e. The van der Waals surface area contributed by atoms with Crippen molar-refractivity contribution >= 4 is 43.2 Å². The van der Waals surface area contributed by atoms with Gasteiger partial charge in [-0.1, -0.05) is 46.3 Å². The maximum Gasteiger partial charge on any atom is 0.194 e. The maximum absolute atomic E-state index is 13.1. The lowest BCUT2D eigenvalue weighted by atomic mass is 10.1. The average molecular weight is 383 g/mol. The molecule has 0 atom stereocenters. The number of hydrogen-bond acceptors (Lipinski definition) is 3. The van der Waals surface area contributed by atoms with Gasteiger partial charge in [0.1, 0.15) is 0 Å². The van der Waals surface area contributed by atoms with Crippen molar-refractivity contribution in [3.05, 3.63) is 63.2 Å². The third-order valence-electron chi connectivity index (χ3n) is 4.84. The minimum atomic E-state index is 0.0993. The molecule has 0 N–H and O–H groups in total. The molecule has 1 heterocycles. The zero-order chi connectivity index (χ0) is 16.7. The van der Waals surface area contributed by atoms with Crippen LogP contribution in [-0.4, -0.2) is 38.1 Å². The minimum Gasteiger partial charge on any atom is -0.368 e. The molecule has 4 heteroatoms. The highest BCUT2D eigenvalue weighted by Gasteiger charge is 2.17. The van der Waals surface area contributed by atoms with Gasteiger partial charge in [0, 0.05) is 52.5 Å². The molecule has 24 heavy (non-hydrogen) atoms. The number of halogens is 1. The molecule has 1 fully saturated rings. The van der Waals surface area contributed by atoms with Crippen molar-refractivity contribution in [1.82, 2.24) is 4.90 Å². The summed E-state index contributed by atoms with van der Waals surface area (Å²) in [4.78, 5) is 17.8. The summed E-state index contributed by atoms with van der Waals surface area (Å²) in [6.07, 6.45) is 0. The maximum atomic E-state index is 13.1. The van der Waals surface area contributed by atoms with Crippen LogP contribution in [0.4, 0.5) is 5.69 Å². The fraction of sp³-hybridized carbons (Fsp3) is 0.250. The van der Waals surface area contributed by atoms with Crippen molar-refractivity contribution in [1.29, 1.82) is 0 Å². The number of rotatable bonds is 1. The van der Waals surface area contributed by atoms with Crippen LogP contribution in [0.25, 0.3) is 21.5 Å². The molecule has 3 aromatic carbocycles. The van der Waals surface area contributed by atoms with Crippen LogP contribution in [0, 0.1) is 0 Å². The Morgan fingerprint density at radius 1 is 0.875 bits per heavy atom. The second-order valence-corrected chi connectivity index (χ2v) is 7.34. The van der Waals surface area contributed by atoms with Crippen molar-refractivity contribution in [2.45, 2.75) is 0 Å². The summed E-state index contributed by atoms with van der Waals surface area (Å²) in [6, 6.07) is 16.1. The van der Waals surface area contributed by atoms with Crippen molar-refractivity contribution in [3.8, 4) is 0 Å². The fourth-order valence-corrected chi connectivity index (χ4v) is 3.80. The highest BCUT2D eigenvalue weighted by Crippen LogP contribution is 2.29. The summed E-state index contributed by atoms with van der Waals surface area (Å²) in [5.41, 5.74) is 1.26. The topological polar surface area (TPSA) is 23.6 Å². The lowest BCUT2D eigenvalue weighted by Crippen LogP contribution is -2.44. The lowest BCUT2D eigenvalue weighted by molar-refractivity contribution is 0.313. The van der Waals surface area contributed by atoms with Gasteiger partial charge in [-0.2, -0.15) is 0 Å². The number of benzene rings is 2. The standard InChI is InChI=1S/C20H19BrN2O/c1-22-8-10-23(11-9-22)19-12-14-6-7-15(21)13-18(14)20(24)17-5-3-2-4-16(17)19/h2-7,12-13H,8-11H2,1H3. The highest BCUT2D eigenvalue weighted by molar-refractivity contribution is 9.10. The van der Waals surface area contributed by atoms with Crippen LogP contribution in [0.1, 0.15) is 0 Å². The van der Waals surface area contributed by atoms with Gasteiger partial charge >= 0.3 is 0 Å². The van der Waals surface area contributed by atoms with Gasteiger partial charge in [0.2, 0.25) is 0 Å². The van der Waals surface area contributed by atoms with E-state index >= 15 is 0 Å². The quantitative estimate of drug-likeness (QED) is 0.638. The van der Waals surface area contributed by atoms with Gasteiger partial charge in [-0.3, -0.25) is 4.79 Å². The second-order valence-electron chi connectivity index (χ2n) is 6.43. The van der Waals surface area contributed by atoms with E-state index in [2.05, 4.69) is 44.9 Å². The molecule has 0 amide bonds.